The highest BCUT2D eigenvalue weighted by molar-refractivity contribution is 9.10. The Morgan fingerprint density at radius 1 is 1.29 bits per heavy atom. The average molecular weight is 316 g/mol. The van der Waals surface area contributed by atoms with Gasteiger partial charge >= 0.3 is 0 Å². The summed E-state index contributed by atoms with van der Waals surface area (Å²) in [5.41, 5.74) is 0.843. The molecule has 1 aliphatic rings. The van der Waals surface area contributed by atoms with Crippen molar-refractivity contribution in [3.05, 3.63) is 20.3 Å². The number of thiophene rings is 1. The summed E-state index contributed by atoms with van der Waals surface area (Å²) >= 11 is 5.53. The van der Waals surface area contributed by atoms with Crippen LogP contribution in [0.25, 0.3) is 0 Å². The maximum atomic E-state index is 3.62. The average Bonchev–Trinajstić information content (AvgIpc) is 2.51. The van der Waals surface area contributed by atoms with Crippen molar-refractivity contribution in [3.63, 3.8) is 0 Å². The van der Waals surface area contributed by atoms with Gasteiger partial charge in [-0.2, -0.15) is 0 Å². The Hall–Kier alpha value is 0.140. The SMILES string of the molecule is CNC(c1cc(Br)c(C)s1)C1C(C)(C)C1(C)C. The normalized spacial score (nSPS) is 23.7. The van der Waals surface area contributed by atoms with Crippen molar-refractivity contribution < 1.29 is 0 Å². The zero-order valence-corrected chi connectivity index (χ0v) is 13.9. The summed E-state index contributed by atoms with van der Waals surface area (Å²) in [6.45, 7) is 11.7. The molecule has 1 saturated carbocycles. The second-order valence-corrected chi connectivity index (χ2v) is 8.38. The fraction of sp³-hybridized carbons (Fsp3) is 0.714. The van der Waals surface area contributed by atoms with Crippen molar-refractivity contribution in [1.29, 1.82) is 0 Å². The lowest BCUT2D eigenvalue weighted by Crippen LogP contribution is -2.20. The molecule has 0 aliphatic heterocycles. The highest BCUT2D eigenvalue weighted by Crippen LogP contribution is 2.72. The van der Waals surface area contributed by atoms with Gasteiger partial charge in [0.1, 0.15) is 0 Å². The summed E-state index contributed by atoms with van der Waals surface area (Å²) in [4.78, 5) is 2.83. The molecule has 0 aromatic carbocycles. The van der Waals surface area contributed by atoms with E-state index in [0.717, 1.165) is 0 Å². The van der Waals surface area contributed by atoms with Gasteiger partial charge < -0.3 is 5.32 Å². The number of hydrogen-bond acceptors (Lipinski definition) is 2. The van der Waals surface area contributed by atoms with E-state index in [1.165, 1.54) is 14.2 Å². The van der Waals surface area contributed by atoms with Gasteiger partial charge in [0.15, 0.2) is 0 Å². The van der Waals surface area contributed by atoms with E-state index in [-0.39, 0.29) is 0 Å². The van der Waals surface area contributed by atoms with Gasteiger partial charge in [0.05, 0.1) is 0 Å². The molecule has 96 valence electrons. The van der Waals surface area contributed by atoms with Gasteiger partial charge in [-0.3, -0.25) is 0 Å². The first-order valence-electron chi connectivity index (χ1n) is 6.16. The lowest BCUT2D eigenvalue weighted by molar-refractivity contribution is 0.444. The van der Waals surface area contributed by atoms with Gasteiger partial charge in [0.2, 0.25) is 0 Å². The minimum absolute atomic E-state index is 0.422. The standard InChI is InChI=1S/C14H22BrNS/c1-8-9(15)7-10(17-8)11(16-6)12-13(2,3)14(12,4)5/h7,11-12,16H,1-6H3. The van der Waals surface area contributed by atoms with Gasteiger partial charge in [-0.25, -0.2) is 0 Å². The van der Waals surface area contributed by atoms with Crippen molar-refractivity contribution >= 4 is 27.3 Å². The van der Waals surface area contributed by atoms with E-state index in [9.17, 15) is 0 Å². The molecule has 1 nitrogen and oxygen atoms in total. The molecular weight excluding hydrogens is 294 g/mol. The van der Waals surface area contributed by atoms with Gasteiger partial charge in [0.25, 0.3) is 0 Å². The van der Waals surface area contributed by atoms with Crippen LogP contribution in [0, 0.1) is 23.7 Å². The molecule has 1 fully saturated rings. The third-order valence-electron chi connectivity index (χ3n) is 4.96. The maximum absolute atomic E-state index is 3.62. The number of halogens is 1. The van der Waals surface area contributed by atoms with Gasteiger partial charge in [-0.15, -0.1) is 11.3 Å². The molecule has 1 N–H and O–H groups in total. The van der Waals surface area contributed by atoms with Crippen LogP contribution in [0.3, 0.4) is 0 Å². The molecule has 0 bridgehead atoms. The van der Waals surface area contributed by atoms with Gasteiger partial charge in [-0.1, -0.05) is 27.7 Å². The molecule has 1 atom stereocenters. The molecule has 1 aliphatic carbocycles. The Balaban J connectivity index is 2.31. The minimum atomic E-state index is 0.422. The van der Waals surface area contributed by atoms with Crippen molar-refractivity contribution in [1.82, 2.24) is 5.32 Å². The molecule has 0 radical (unpaired) electrons. The largest absolute Gasteiger partial charge is 0.312 e. The molecule has 0 spiro atoms. The number of hydrogen-bond donors (Lipinski definition) is 1. The van der Waals surface area contributed by atoms with Crippen LogP contribution in [0.2, 0.25) is 0 Å². The summed E-state index contributed by atoms with van der Waals surface area (Å²) in [5.74, 6) is 0.713. The van der Waals surface area contributed by atoms with Crippen LogP contribution in [-0.4, -0.2) is 7.05 Å². The minimum Gasteiger partial charge on any atom is -0.312 e. The second kappa shape index (κ2) is 4.07. The van der Waals surface area contributed by atoms with E-state index in [0.29, 0.717) is 22.8 Å². The molecule has 0 amide bonds. The fourth-order valence-corrected chi connectivity index (χ4v) is 4.90. The van der Waals surface area contributed by atoms with Crippen molar-refractivity contribution in [2.75, 3.05) is 7.05 Å². The van der Waals surface area contributed by atoms with Crippen LogP contribution in [0.5, 0.6) is 0 Å². The zero-order valence-electron chi connectivity index (χ0n) is 11.5. The first kappa shape index (κ1) is 13.6. The smallest absolute Gasteiger partial charge is 0.0452 e. The van der Waals surface area contributed by atoms with Gasteiger partial charge in [0, 0.05) is 20.3 Å². The first-order chi connectivity index (χ1) is 7.73. The number of aryl methyl sites for hydroxylation is 1. The highest BCUT2D eigenvalue weighted by Gasteiger charge is 2.67. The molecule has 1 heterocycles. The summed E-state index contributed by atoms with van der Waals surface area (Å²) in [6, 6.07) is 2.76. The van der Waals surface area contributed by atoms with E-state index >= 15 is 0 Å². The monoisotopic (exact) mass is 315 g/mol. The molecular formula is C14H22BrNS. The van der Waals surface area contributed by atoms with Crippen molar-refractivity contribution in [2.24, 2.45) is 16.7 Å². The first-order valence-corrected chi connectivity index (χ1v) is 7.77. The van der Waals surface area contributed by atoms with E-state index in [1.54, 1.807) is 0 Å². The highest BCUT2D eigenvalue weighted by atomic mass is 79.9. The number of nitrogens with one attached hydrogen (secondary N) is 1. The van der Waals surface area contributed by atoms with Gasteiger partial charge in [-0.05, 0) is 52.7 Å². The predicted molar refractivity (Wildman–Crippen MR) is 79.6 cm³/mol. The van der Waals surface area contributed by atoms with Crippen LogP contribution < -0.4 is 5.32 Å². The zero-order chi connectivity index (χ0) is 13.0. The molecule has 3 heteroatoms. The summed E-state index contributed by atoms with van der Waals surface area (Å²) in [7, 11) is 2.08. The van der Waals surface area contributed by atoms with E-state index in [2.05, 4.69) is 69.0 Å². The fourth-order valence-electron chi connectivity index (χ4n) is 3.19. The number of rotatable bonds is 3. The van der Waals surface area contributed by atoms with Crippen LogP contribution in [0.1, 0.15) is 43.5 Å². The maximum Gasteiger partial charge on any atom is 0.0452 e. The molecule has 1 aromatic rings. The molecule has 1 aromatic heterocycles. The third kappa shape index (κ3) is 1.91. The molecule has 1 unspecified atom stereocenters. The van der Waals surface area contributed by atoms with Crippen molar-refractivity contribution in [2.45, 2.75) is 40.7 Å². The van der Waals surface area contributed by atoms with Crippen LogP contribution >= 0.6 is 27.3 Å². The Morgan fingerprint density at radius 2 is 1.82 bits per heavy atom. The summed E-state index contributed by atoms with van der Waals surface area (Å²) in [5, 5.41) is 3.52. The molecule has 2 rings (SSSR count). The van der Waals surface area contributed by atoms with E-state index < -0.39 is 0 Å². The van der Waals surface area contributed by atoms with E-state index in [4.69, 9.17) is 0 Å². The quantitative estimate of drug-likeness (QED) is 0.847. The van der Waals surface area contributed by atoms with Crippen LogP contribution in [-0.2, 0) is 0 Å². The Labute approximate surface area is 117 Å². The molecule has 0 saturated heterocycles. The third-order valence-corrected chi connectivity index (χ3v) is 7.18. The van der Waals surface area contributed by atoms with Crippen LogP contribution in [0.15, 0.2) is 10.5 Å². The lowest BCUT2D eigenvalue weighted by atomic mass is 10.0. The van der Waals surface area contributed by atoms with Crippen LogP contribution in [0.4, 0.5) is 0 Å². The van der Waals surface area contributed by atoms with E-state index in [1.807, 2.05) is 11.3 Å². The Morgan fingerprint density at radius 3 is 2.12 bits per heavy atom. The Bertz CT molecular complexity index is 400. The molecule has 17 heavy (non-hydrogen) atoms. The lowest BCUT2D eigenvalue weighted by Gasteiger charge is -2.16. The summed E-state index contributed by atoms with van der Waals surface area (Å²) in [6.07, 6.45) is 0. The Kier molecular flexibility index (Phi) is 3.25. The predicted octanol–water partition coefficient (Wildman–Crippen LogP) is 4.76. The van der Waals surface area contributed by atoms with Crippen molar-refractivity contribution in [3.8, 4) is 0 Å². The second-order valence-electron chi connectivity index (χ2n) is 6.24. The summed E-state index contributed by atoms with van der Waals surface area (Å²) < 4.78 is 1.24. The topological polar surface area (TPSA) is 12.0 Å².